The van der Waals surface area contributed by atoms with E-state index in [1.54, 1.807) is 38.1 Å². The van der Waals surface area contributed by atoms with Gasteiger partial charge in [0, 0.05) is 12.1 Å². The molecule has 2 rings (SSSR count). The van der Waals surface area contributed by atoms with E-state index in [0.29, 0.717) is 49.4 Å². The number of nitrogens with one attached hydrogen (secondary N) is 1. The highest BCUT2D eigenvalue weighted by Gasteiger charge is 2.26. The SMILES string of the molecule is CCOc1cc(Cl)c(NC(=O)C(N=Nc2c(OCC)ccc(OCC)c2Cl)C(C)=O)c(OCC)c1. The van der Waals surface area contributed by atoms with Gasteiger partial charge in [0.05, 0.1) is 31.5 Å². The number of carbonyl (C=O) groups excluding carboxylic acids is 2. The molecule has 9 nitrogen and oxygen atoms in total. The van der Waals surface area contributed by atoms with Gasteiger partial charge in [-0.3, -0.25) is 9.59 Å². The van der Waals surface area contributed by atoms with E-state index in [4.69, 9.17) is 42.1 Å². The van der Waals surface area contributed by atoms with Gasteiger partial charge in [0.1, 0.15) is 39.4 Å². The van der Waals surface area contributed by atoms with E-state index < -0.39 is 17.7 Å². The quantitative estimate of drug-likeness (QED) is 0.244. The number of azo groups is 1. The molecule has 1 unspecified atom stereocenters. The van der Waals surface area contributed by atoms with Crippen molar-refractivity contribution in [3.63, 3.8) is 0 Å². The summed E-state index contributed by atoms with van der Waals surface area (Å²) in [5, 5.41) is 11.0. The summed E-state index contributed by atoms with van der Waals surface area (Å²) in [6, 6.07) is 4.95. The van der Waals surface area contributed by atoms with Gasteiger partial charge in [-0.1, -0.05) is 23.2 Å². The van der Waals surface area contributed by atoms with E-state index in [0.717, 1.165) is 0 Å². The van der Waals surface area contributed by atoms with Crippen LogP contribution in [0, 0.1) is 0 Å². The summed E-state index contributed by atoms with van der Waals surface area (Å²) in [5.74, 6) is 0.194. The summed E-state index contributed by atoms with van der Waals surface area (Å²) in [4.78, 5) is 25.3. The summed E-state index contributed by atoms with van der Waals surface area (Å²) in [7, 11) is 0. The third kappa shape index (κ3) is 7.47. The fraction of sp³-hybridized carbons (Fsp3) is 0.417. The maximum Gasteiger partial charge on any atom is 0.258 e. The number of ketones is 1. The highest BCUT2D eigenvalue weighted by molar-refractivity contribution is 6.35. The molecule has 1 amide bonds. The number of ether oxygens (including phenoxy) is 4. The Morgan fingerprint density at radius 3 is 2.06 bits per heavy atom. The highest BCUT2D eigenvalue weighted by Crippen LogP contribution is 2.42. The molecular weight excluding hydrogens is 497 g/mol. The average Bonchev–Trinajstić information content (AvgIpc) is 2.80. The topological polar surface area (TPSA) is 108 Å². The van der Waals surface area contributed by atoms with Gasteiger partial charge in [-0.2, -0.15) is 5.11 Å². The van der Waals surface area contributed by atoms with E-state index >= 15 is 0 Å². The second-order valence-corrected chi connectivity index (χ2v) is 7.74. The first-order chi connectivity index (χ1) is 16.8. The van der Waals surface area contributed by atoms with Crippen LogP contribution in [0.1, 0.15) is 34.6 Å². The van der Waals surface area contributed by atoms with E-state index in [1.165, 1.54) is 6.92 Å². The van der Waals surface area contributed by atoms with Crippen LogP contribution in [0.5, 0.6) is 23.0 Å². The number of rotatable bonds is 13. The monoisotopic (exact) mass is 525 g/mol. The van der Waals surface area contributed by atoms with E-state index in [1.807, 2.05) is 13.8 Å². The fourth-order valence-electron chi connectivity index (χ4n) is 2.98. The second-order valence-electron chi connectivity index (χ2n) is 6.95. The van der Waals surface area contributed by atoms with Crippen molar-refractivity contribution in [1.82, 2.24) is 0 Å². The third-order valence-corrected chi connectivity index (χ3v) is 5.10. The average molecular weight is 526 g/mol. The molecule has 1 atom stereocenters. The summed E-state index contributed by atoms with van der Waals surface area (Å²) in [6.07, 6.45) is 0. The molecule has 0 bridgehead atoms. The first-order valence-electron chi connectivity index (χ1n) is 11.2. The molecule has 0 saturated heterocycles. The number of halogens is 2. The molecule has 190 valence electrons. The largest absolute Gasteiger partial charge is 0.494 e. The Labute approximate surface area is 214 Å². The Hall–Kier alpha value is -3.04. The standard InChI is InChI=1S/C24H29Cl2N3O6/c1-6-32-15-12-16(25)22(19(13-15)35-9-4)27-24(31)21(14(5)30)28-29-23-18(34-8-3)11-10-17(20(23)26)33-7-2/h10-13,21H,6-9H2,1-5H3,(H,27,31). The van der Waals surface area contributed by atoms with Crippen LogP contribution in [0.25, 0.3) is 0 Å². The number of Topliss-reactive ketones (excluding diaryl/α,β-unsaturated/α-hetero) is 1. The lowest BCUT2D eigenvalue weighted by molar-refractivity contribution is -0.126. The highest BCUT2D eigenvalue weighted by atomic mass is 35.5. The van der Waals surface area contributed by atoms with Gasteiger partial charge in [0.15, 0.2) is 5.78 Å². The van der Waals surface area contributed by atoms with Crippen LogP contribution in [0.4, 0.5) is 11.4 Å². The smallest absolute Gasteiger partial charge is 0.258 e. The molecule has 0 radical (unpaired) electrons. The lowest BCUT2D eigenvalue weighted by Crippen LogP contribution is -2.32. The molecule has 0 saturated carbocycles. The Morgan fingerprint density at radius 1 is 0.886 bits per heavy atom. The molecule has 0 aliphatic carbocycles. The van der Waals surface area contributed by atoms with E-state index in [2.05, 4.69) is 15.5 Å². The molecule has 1 N–H and O–H groups in total. The van der Waals surface area contributed by atoms with Crippen molar-refractivity contribution in [2.24, 2.45) is 10.2 Å². The van der Waals surface area contributed by atoms with E-state index in [-0.39, 0.29) is 21.4 Å². The Kier molecular flexibility index (Phi) is 11.1. The molecule has 2 aromatic carbocycles. The maximum absolute atomic E-state index is 13.0. The van der Waals surface area contributed by atoms with Crippen LogP contribution >= 0.6 is 23.2 Å². The number of anilines is 1. The van der Waals surface area contributed by atoms with Crippen LogP contribution in [0.3, 0.4) is 0 Å². The van der Waals surface area contributed by atoms with Crippen molar-refractivity contribution < 1.29 is 28.5 Å². The number of carbonyl (C=O) groups is 2. The Balaban J connectivity index is 2.41. The fourth-order valence-corrected chi connectivity index (χ4v) is 3.48. The van der Waals surface area contributed by atoms with Crippen LogP contribution in [0.15, 0.2) is 34.5 Å². The number of amides is 1. The lowest BCUT2D eigenvalue weighted by Gasteiger charge is -2.17. The van der Waals surface area contributed by atoms with Gasteiger partial charge in [0.2, 0.25) is 6.04 Å². The molecule has 0 aliphatic heterocycles. The Morgan fingerprint density at radius 2 is 1.46 bits per heavy atom. The zero-order valence-electron chi connectivity index (χ0n) is 20.3. The summed E-state index contributed by atoms with van der Waals surface area (Å²) >= 11 is 12.8. The zero-order chi connectivity index (χ0) is 26.0. The van der Waals surface area contributed by atoms with Crippen molar-refractivity contribution in [2.75, 3.05) is 31.7 Å². The molecule has 35 heavy (non-hydrogen) atoms. The van der Waals surface area contributed by atoms with Gasteiger partial charge in [-0.25, -0.2) is 0 Å². The molecule has 0 heterocycles. The minimum atomic E-state index is -1.48. The lowest BCUT2D eigenvalue weighted by atomic mass is 10.2. The zero-order valence-corrected chi connectivity index (χ0v) is 21.8. The normalized spacial score (nSPS) is 11.7. The number of nitrogens with zero attached hydrogens (tertiary/aromatic N) is 2. The van der Waals surface area contributed by atoms with Crippen molar-refractivity contribution in [1.29, 1.82) is 0 Å². The van der Waals surface area contributed by atoms with E-state index in [9.17, 15) is 9.59 Å². The minimum absolute atomic E-state index is 0.146. The molecule has 2 aromatic rings. The number of hydrogen-bond donors (Lipinski definition) is 1. The van der Waals surface area contributed by atoms with Crippen molar-refractivity contribution in [3.05, 3.63) is 34.3 Å². The van der Waals surface area contributed by atoms with Crippen LogP contribution in [-0.2, 0) is 9.59 Å². The molecular formula is C24H29Cl2N3O6. The maximum atomic E-state index is 13.0. The predicted octanol–water partition coefficient (Wildman–Crippen LogP) is 6.27. The van der Waals surface area contributed by atoms with Gasteiger partial charge < -0.3 is 24.3 Å². The molecule has 0 aromatic heterocycles. The Bertz CT molecular complexity index is 1080. The van der Waals surface area contributed by atoms with Gasteiger partial charge >= 0.3 is 0 Å². The third-order valence-electron chi connectivity index (χ3n) is 4.44. The number of benzene rings is 2. The summed E-state index contributed by atoms with van der Waals surface area (Å²) < 4.78 is 22.1. The van der Waals surface area contributed by atoms with Gasteiger partial charge in [-0.05, 0) is 46.8 Å². The van der Waals surface area contributed by atoms with Crippen LogP contribution < -0.4 is 24.3 Å². The molecule has 11 heteroatoms. The molecule has 0 aliphatic rings. The molecule has 0 fully saturated rings. The summed E-state index contributed by atoms with van der Waals surface area (Å²) in [6.45, 7) is 9.94. The van der Waals surface area contributed by atoms with Crippen LogP contribution in [0.2, 0.25) is 10.0 Å². The van der Waals surface area contributed by atoms with Gasteiger partial charge in [0.25, 0.3) is 5.91 Å². The first kappa shape index (κ1) is 28.2. The van der Waals surface area contributed by atoms with Crippen molar-refractivity contribution >= 4 is 46.3 Å². The van der Waals surface area contributed by atoms with Crippen LogP contribution in [-0.4, -0.2) is 44.2 Å². The summed E-state index contributed by atoms with van der Waals surface area (Å²) in [5.41, 5.74) is 0.336. The number of hydrogen-bond acceptors (Lipinski definition) is 8. The predicted molar refractivity (Wildman–Crippen MR) is 135 cm³/mol. The van der Waals surface area contributed by atoms with Crippen molar-refractivity contribution in [2.45, 2.75) is 40.7 Å². The second kappa shape index (κ2) is 13.7. The minimum Gasteiger partial charge on any atom is -0.494 e. The first-order valence-corrected chi connectivity index (χ1v) is 11.9. The van der Waals surface area contributed by atoms with Crippen molar-refractivity contribution in [3.8, 4) is 23.0 Å². The van der Waals surface area contributed by atoms with Gasteiger partial charge in [-0.15, -0.1) is 5.11 Å². The molecule has 0 spiro atoms.